The Labute approximate surface area is 224 Å². The highest BCUT2D eigenvalue weighted by Gasteiger charge is 2.34. The quantitative estimate of drug-likeness (QED) is 0.466. The van der Waals surface area contributed by atoms with Crippen LogP contribution in [0.4, 0.5) is 0 Å². The summed E-state index contributed by atoms with van der Waals surface area (Å²) >= 11 is 0. The molecule has 2 aromatic carbocycles. The van der Waals surface area contributed by atoms with E-state index in [1.165, 1.54) is 0 Å². The zero-order chi connectivity index (χ0) is 27.1. The third-order valence-corrected chi connectivity index (χ3v) is 7.38. The highest BCUT2D eigenvalue weighted by molar-refractivity contribution is 5.86. The van der Waals surface area contributed by atoms with Crippen molar-refractivity contribution in [1.82, 2.24) is 10.2 Å². The number of carbonyl (C=O) groups excluding carboxylic acids is 3. The zero-order valence-electron chi connectivity index (χ0n) is 22.3. The lowest BCUT2D eigenvalue weighted by Crippen LogP contribution is -2.51. The number of rotatable bonds is 5. The molecule has 0 radical (unpaired) electrons. The third kappa shape index (κ3) is 7.10. The summed E-state index contributed by atoms with van der Waals surface area (Å²) in [5, 5.41) is 13.0. The number of aliphatic hydroxyl groups excluding tert-OH is 1. The van der Waals surface area contributed by atoms with Crippen LogP contribution < -0.4 is 5.32 Å². The SMILES string of the molecule is CC1(C)COC(=O)[C@H](Cc2ccccc2)CC=CC[C@H](CC(=O)N2Cc3ccccc3C[C@H]2CO)C(=O)N1. The van der Waals surface area contributed by atoms with Crippen molar-refractivity contribution in [1.29, 1.82) is 0 Å². The first kappa shape index (κ1) is 27.6. The minimum absolute atomic E-state index is 0.0398. The number of benzene rings is 2. The first-order chi connectivity index (χ1) is 18.3. The van der Waals surface area contributed by atoms with Gasteiger partial charge < -0.3 is 20.1 Å². The Morgan fingerprint density at radius 3 is 2.37 bits per heavy atom. The summed E-state index contributed by atoms with van der Waals surface area (Å²) < 4.78 is 5.65. The number of nitrogens with zero attached hydrogens (tertiary/aromatic N) is 1. The number of nitrogens with one attached hydrogen (secondary N) is 1. The lowest BCUT2D eigenvalue weighted by molar-refractivity contribution is -0.151. The van der Waals surface area contributed by atoms with Crippen molar-refractivity contribution in [3.05, 3.63) is 83.4 Å². The topological polar surface area (TPSA) is 95.9 Å². The fraction of sp³-hybridized carbons (Fsp3) is 0.452. The van der Waals surface area contributed by atoms with E-state index in [0.29, 0.717) is 32.2 Å². The van der Waals surface area contributed by atoms with E-state index in [-0.39, 0.29) is 49.4 Å². The molecule has 0 spiro atoms. The first-order valence-corrected chi connectivity index (χ1v) is 13.4. The molecular weight excluding hydrogens is 480 g/mol. The highest BCUT2D eigenvalue weighted by Crippen LogP contribution is 2.26. The van der Waals surface area contributed by atoms with Crippen LogP contribution in [0.3, 0.4) is 0 Å². The zero-order valence-corrected chi connectivity index (χ0v) is 22.3. The highest BCUT2D eigenvalue weighted by atomic mass is 16.5. The van der Waals surface area contributed by atoms with Crippen LogP contribution in [0.1, 0.15) is 49.8 Å². The smallest absolute Gasteiger partial charge is 0.309 e. The third-order valence-electron chi connectivity index (χ3n) is 7.38. The summed E-state index contributed by atoms with van der Waals surface area (Å²) in [5.41, 5.74) is 2.49. The van der Waals surface area contributed by atoms with E-state index in [1.807, 2.05) is 80.6 Å². The van der Waals surface area contributed by atoms with Crippen LogP contribution >= 0.6 is 0 Å². The average molecular weight is 519 g/mol. The number of carbonyl (C=O) groups is 3. The summed E-state index contributed by atoms with van der Waals surface area (Å²) in [7, 11) is 0. The molecule has 0 unspecified atom stereocenters. The van der Waals surface area contributed by atoms with E-state index >= 15 is 0 Å². The Bertz CT molecular complexity index is 1160. The Hall–Kier alpha value is -3.45. The van der Waals surface area contributed by atoms with Gasteiger partial charge >= 0.3 is 5.97 Å². The van der Waals surface area contributed by atoms with Crippen LogP contribution in [-0.4, -0.2) is 52.6 Å². The van der Waals surface area contributed by atoms with E-state index in [9.17, 15) is 19.5 Å². The monoisotopic (exact) mass is 518 g/mol. The molecule has 2 aliphatic heterocycles. The maximum absolute atomic E-state index is 13.5. The maximum Gasteiger partial charge on any atom is 0.309 e. The van der Waals surface area contributed by atoms with Crippen molar-refractivity contribution in [2.45, 2.75) is 64.1 Å². The minimum atomic E-state index is -0.786. The van der Waals surface area contributed by atoms with Crippen molar-refractivity contribution in [3.8, 4) is 0 Å². The maximum atomic E-state index is 13.5. The van der Waals surface area contributed by atoms with E-state index in [0.717, 1.165) is 16.7 Å². The molecule has 0 aromatic heterocycles. The van der Waals surface area contributed by atoms with Gasteiger partial charge in [-0.1, -0.05) is 66.7 Å². The molecule has 38 heavy (non-hydrogen) atoms. The van der Waals surface area contributed by atoms with Crippen LogP contribution in [0, 0.1) is 11.8 Å². The molecule has 2 heterocycles. The van der Waals surface area contributed by atoms with Gasteiger partial charge in [-0.05, 0) is 56.2 Å². The minimum Gasteiger partial charge on any atom is -0.463 e. The number of allylic oxidation sites excluding steroid dienone is 2. The summed E-state index contributed by atoms with van der Waals surface area (Å²) in [6.45, 7) is 3.97. The first-order valence-electron chi connectivity index (χ1n) is 13.4. The molecule has 0 saturated heterocycles. The van der Waals surface area contributed by atoms with Gasteiger partial charge in [0.05, 0.1) is 30.0 Å². The average Bonchev–Trinajstić information content (AvgIpc) is 2.91. The van der Waals surface area contributed by atoms with Crippen molar-refractivity contribution in [3.63, 3.8) is 0 Å². The van der Waals surface area contributed by atoms with Gasteiger partial charge in [-0.3, -0.25) is 14.4 Å². The van der Waals surface area contributed by atoms with E-state index < -0.39 is 11.5 Å². The van der Waals surface area contributed by atoms with Gasteiger partial charge in [0.15, 0.2) is 0 Å². The second-order valence-electron chi connectivity index (χ2n) is 11.0. The van der Waals surface area contributed by atoms with E-state index in [2.05, 4.69) is 5.32 Å². The van der Waals surface area contributed by atoms with E-state index in [1.54, 1.807) is 4.90 Å². The molecule has 2 amide bonds. The lowest BCUT2D eigenvalue weighted by Gasteiger charge is -2.37. The predicted molar refractivity (Wildman–Crippen MR) is 145 cm³/mol. The van der Waals surface area contributed by atoms with Crippen molar-refractivity contribution in [2.75, 3.05) is 13.2 Å². The van der Waals surface area contributed by atoms with Crippen LogP contribution in [0.5, 0.6) is 0 Å². The Balaban J connectivity index is 1.49. The van der Waals surface area contributed by atoms with Crippen molar-refractivity contribution in [2.24, 2.45) is 11.8 Å². The van der Waals surface area contributed by atoms with Gasteiger partial charge in [0.1, 0.15) is 6.61 Å². The summed E-state index contributed by atoms with van der Waals surface area (Å²) in [6.07, 6.45) is 5.89. The molecule has 2 N–H and O–H groups in total. The molecule has 4 rings (SSSR count). The number of hydrogen-bond acceptors (Lipinski definition) is 5. The Morgan fingerprint density at radius 1 is 1.00 bits per heavy atom. The Morgan fingerprint density at radius 2 is 1.66 bits per heavy atom. The molecule has 0 saturated carbocycles. The summed E-state index contributed by atoms with van der Waals surface area (Å²) in [5.74, 6) is -1.59. The second kappa shape index (κ2) is 12.4. The van der Waals surface area contributed by atoms with E-state index in [4.69, 9.17) is 4.74 Å². The molecule has 0 bridgehead atoms. The largest absolute Gasteiger partial charge is 0.463 e. The van der Waals surface area contributed by atoms with Gasteiger partial charge in [-0.2, -0.15) is 0 Å². The molecule has 0 fully saturated rings. The predicted octanol–water partition coefficient (Wildman–Crippen LogP) is 3.59. The van der Waals surface area contributed by atoms with Gasteiger partial charge in [0, 0.05) is 13.0 Å². The second-order valence-corrected chi connectivity index (χ2v) is 11.0. The molecule has 0 aliphatic carbocycles. The van der Waals surface area contributed by atoms with Crippen molar-refractivity contribution >= 4 is 17.8 Å². The van der Waals surface area contributed by atoms with Crippen LogP contribution in [0.15, 0.2) is 66.7 Å². The number of aliphatic hydroxyl groups is 1. The number of esters is 1. The standard InChI is InChI=1S/C31H38N2O5/c1-31(2)21-38-30(37)25(16-22-10-4-3-5-11-22)14-8-7-13-24(29(36)32-31)18-28(35)33-19-26-15-9-6-12-23(26)17-27(33)20-34/h3-12,15,24-25,27,34H,13-14,16-21H2,1-2H3,(H,32,36)/t24-,25+,27+/m1/s1. The number of hydrogen-bond donors (Lipinski definition) is 2. The van der Waals surface area contributed by atoms with Crippen LogP contribution in [0.2, 0.25) is 0 Å². The number of fused-ring (bicyclic) bond motifs is 1. The molecule has 202 valence electrons. The number of ether oxygens (including phenoxy) is 1. The molecule has 7 nitrogen and oxygen atoms in total. The van der Waals surface area contributed by atoms with Crippen molar-refractivity contribution < 1.29 is 24.2 Å². The Kier molecular flexibility index (Phi) is 9.00. The molecule has 2 aromatic rings. The fourth-order valence-corrected chi connectivity index (χ4v) is 5.18. The summed E-state index contributed by atoms with van der Waals surface area (Å²) in [4.78, 5) is 41.4. The molecular formula is C31H38N2O5. The molecule has 3 atom stereocenters. The van der Waals surface area contributed by atoms with Gasteiger partial charge in [-0.15, -0.1) is 0 Å². The molecule has 7 heteroatoms. The van der Waals surface area contributed by atoms with Gasteiger partial charge in [0.25, 0.3) is 0 Å². The van der Waals surface area contributed by atoms with Crippen LogP contribution in [-0.2, 0) is 38.5 Å². The van der Waals surface area contributed by atoms with Gasteiger partial charge in [0.2, 0.25) is 11.8 Å². The normalized spacial score (nSPS) is 23.9. The number of cyclic esters (lactones) is 1. The fourth-order valence-electron chi connectivity index (χ4n) is 5.18. The van der Waals surface area contributed by atoms with Gasteiger partial charge in [-0.25, -0.2) is 0 Å². The lowest BCUT2D eigenvalue weighted by atomic mass is 9.91. The summed E-state index contributed by atoms with van der Waals surface area (Å²) in [6, 6.07) is 17.5. The number of amides is 2. The van der Waals surface area contributed by atoms with Crippen LogP contribution in [0.25, 0.3) is 0 Å². The molecule has 2 aliphatic rings.